The maximum absolute atomic E-state index is 12.6. The van der Waals surface area contributed by atoms with Gasteiger partial charge in [-0.1, -0.05) is 45.3 Å². The average Bonchev–Trinajstić information content (AvgIpc) is 3.12. The zero-order valence-electron chi connectivity index (χ0n) is 12.5. The highest BCUT2D eigenvalue weighted by Crippen LogP contribution is 2.52. The van der Waals surface area contributed by atoms with Crippen molar-refractivity contribution in [3.63, 3.8) is 0 Å². The van der Waals surface area contributed by atoms with E-state index < -0.39 is 0 Å². The van der Waals surface area contributed by atoms with Gasteiger partial charge in [0.1, 0.15) is 0 Å². The summed E-state index contributed by atoms with van der Waals surface area (Å²) in [5, 5.41) is 0. The first-order valence-electron chi connectivity index (χ1n) is 8.20. The van der Waals surface area contributed by atoms with E-state index in [2.05, 4.69) is 26.0 Å². The Labute approximate surface area is 121 Å². The number of allylic oxidation sites excluding steroid dienone is 2. The molecular weight excluding hydrogens is 250 g/mol. The number of hydrogen-bond donors (Lipinski definition) is 0. The molecule has 2 fully saturated rings. The number of likely N-dealkylation sites (tertiary alicyclic amines) is 1. The molecule has 1 aliphatic heterocycles. The van der Waals surface area contributed by atoms with Gasteiger partial charge in [-0.3, -0.25) is 14.5 Å². The van der Waals surface area contributed by atoms with Crippen LogP contribution >= 0.6 is 0 Å². The highest BCUT2D eigenvalue weighted by molar-refractivity contribution is 6.06. The van der Waals surface area contributed by atoms with E-state index in [0.29, 0.717) is 24.3 Å². The molecule has 2 aliphatic carbocycles. The lowest BCUT2D eigenvalue weighted by atomic mass is 9.85. The lowest BCUT2D eigenvalue weighted by molar-refractivity contribution is -0.141. The van der Waals surface area contributed by atoms with E-state index in [9.17, 15) is 9.59 Å². The van der Waals surface area contributed by atoms with Crippen LogP contribution in [0.4, 0.5) is 0 Å². The maximum atomic E-state index is 12.6. The molecule has 0 N–H and O–H groups in total. The molecule has 3 rings (SSSR count). The summed E-state index contributed by atoms with van der Waals surface area (Å²) in [4.78, 5) is 26.8. The number of amides is 2. The first-order valence-corrected chi connectivity index (χ1v) is 8.20. The van der Waals surface area contributed by atoms with Crippen LogP contribution in [-0.4, -0.2) is 23.3 Å². The number of carbonyl (C=O) groups is 2. The highest BCUT2D eigenvalue weighted by atomic mass is 16.2. The number of imide groups is 1. The van der Waals surface area contributed by atoms with Crippen LogP contribution in [0.1, 0.15) is 46.0 Å². The summed E-state index contributed by atoms with van der Waals surface area (Å²) in [6, 6.07) is 0. The fraction of sp³-hybridized carbons (Fsp3) is 0.765. The van der Waals surface area contributed by atoms with E-state index in [0.717, 1.165) is 19.3 Å². The number of hydrogen-bond acceptors (Lipinski definition) is 2. The molecule has 2 bridgehead atoms. The zero-order valence-corrected chi connectivity index (χ0v) is 12.5. The van der Waals surface area contributed by atoms with E-state index in [-0.39, 0.29) is 23.7 Å². The van der Waals surface area contributed by atoms with Gasteiger partial charge in [0.05, 0.1) is 11.8 Å². The second kappa shape index (κ2) is 5.34. The molecule has 0 aromatic heterocycles. The van der Waals surface area contributed by atoms with Crippen molar-refractivity contribution in [3.05, 3.63) is 12.2 Å². The molecule has 2 amide bonds. The number of unbranched alkanes of at least 4 members (excludes halogenated alkanes) is 1. The Kier molecular flexibility index (Phi) is 3.70. The number of nitrogens with zero attached hydrogens (tertiary/aromatic N) is 1. The van der Waals surface area contributed by atoms with Crippen LogP contribution in [0.25, 0.3) is 0 Å². The van der Waals surface area contributed by atoms with Crippen molar-refractivity contribution in [2.45, 2.75) is 46.0 Å². The summed E-state index contributed by atoms with van der Waals surface area (Å²) in [5.74, 6) is 1.33. The van der Waals surface area contributed by atoms with E-state index in [4.69, 9.17) is 0 Å². The molecule has 3 heteroatoms. The topological polar surface area (TPSA) is 37.4 Å². The minimum Gasteiger partial charge on any atom is -0.282 e. The zero-order chi connectivity index (χ0) is 14.3. The molecule has 1 saturated carbocycles. The Morgan fingerprint density at radius 3 is 2.25 bits per heavy atom. The second-order valence-electron chi connectivity index (χ2n) is 6.70. The van der Waals surface area contributed by atoms with Gasteiger partial charge in [0, 0.05) is 6.54 Å². The van der Waals surface area contributed by atoms with Crippen molar-refractivity contribution in [2.75, 3.05) is 6.54 Å². The minimum atomic E-state index is -0.0267. The van der Waals surface area contributed by atoms with Crippen LogP contribution in [0.3, 0.4) is 0 Å². The third-order valence-electron chi connectivity index (χ3n) is 5.55. The summed E-state index contributed by atoms with van der Waals surface area (Å²) in [5.41, 5.74) is 0. The Balaban J connectivity index is 1.70. The average molecular weight is 275 g/mol. The Hall–Kier alpha value is -1.12. The first kappa shape index (κ1) is 13.8. The van der Waals surface area contributed by atoms with Gasteiger partial charge in [0.2, 0.25) is 11.8 Å². The maximum Gasteiger partial charge on any atom is 0.233 e. The molecular formula is C17H25NO2. The van der Waals surface area contributed by atoms with Crippen LogP contribution in [-0.2, 0) is 9.59 Å². The van der Waals surface area contributed by atoms with Crippen LogP contribution in [0.15, 0.2) is 12.2 Å². The van der Waals surface area contributed by atoms with Crippen molar-refractivity contribution >= 4 is 11.8 Å². The molecule has 0 unspecified atom stereocenters. The van der Waals surface area contributed by atoms with Gasteiger partial charge >= 0.3 is 0 Å². The lowest BCUT2D eigenvalue weighted by Crippen LogP contribution is -2.37. The Morgan fingerprint density at radius 1 is 1.15 bits per heavy atom. The van der Waals surface area contributed by atoms with Crippen LogP contribution in [0, 0.1) is 29.6 Å². The predicted octanol–water partition coefficient (Wildman–Crippen LogP) is 3.01. The number of rotatable bonds is 6. The van der Waals surface area contributed by atoms with Crippen molar-refractivity contribution in [1.82, 2.24) is 4.90 Å². The summed E-state index contributed by atoms with van der Waals surface area (Å²) < 4.78 is 0. The fourth-order valence-corrected chi connectivity index (χ4v) is 4.32. The summed E-state index contributed by atoms with van der Waals surface area (Å²) in [7, 11) is 0. The largest absolute Gasteiger partial charge is 0.282 e. The molecule has 1 saturated heterocycles. The molecule has 1 heterocycles. The van der Waals surface area contributed by atoms with Gasteiger partial charge in [-0.25, -0.2) is 0 Å². The molecule has 110 valence electrons. The van der Waals surface area contributed by atoms with Gasteiger partial charge in [0.15, 0.2) is 0 Å². The van der Waals surface area contributed by atoms with E-state index in [1.165, 1.54) is 12.8 Å². The van der Waals surface area contributed by atoms with Crippen LogP contribution < -0.4 is 0 Å². The molecule has 5 atom stereocenters. The second-order valence-corrected chi connectivity index (χ2v) is 6.70. The van der Waals surface area contributed by atoms with Crippen molar-refractivity contribution in [2.24, 2.45) is 29.6 Å². The Morgan fingerprint density at radius 2 is 1.75 bits per heavy atom. The van der Waals surface area contributed by atoms with Crippen LogP contribution in [0.2, 0.25) is 0 Å². The first-order chi connectivity index (χ1) is 9.67. The van der Waals surface area contributed by atoms with Crippen molar-refractivity contribution in [1.29, 1.82) is 0 Å². The quantitative estimate of drug-likeness (QED) is 0.552. The fourth-order valence-electron chi connectivity index (χ4n) is 4.32. The highest BCUT2D eigenvalue weighted by Gasteiger charge is 2.59. The lowest BCUT2D eigenvalue weighted by Gasteiger charge is -2.23. The van der Waals surface area contributed by atoms with Gasteiger partial charge < -0.3 is 0 Å². The van der Waals surface area contributed by atoms with Gasteiger partial charge in [-0.15, -0.1) is 0 Å². The SMILES string of the molecule is CCCC[C@H](CC)CN1C(=O)[C@H]2[C@H](C1=O)[C@H]1C=C[C@@H]2C1. The molecule has 3 nitrogen and oxygen atoms in total. The normalized spacial score (nSPS) is 36.0. The number of fused-ring (bicyclic) bond motifs is 5. The van der Waals surface area contributed by atoms with Crippen molar-refractivity contribution in [3.8, 4) is 0 Å². The predicted molar refractivity (Wildman–Crippen MR) is 77.7 cm³/mol. The Bertz CT molecular complexity index is 412. The third-order valence-corrected chi connectivity index (χ3v) is 5.55. The summed E-state index contributed by atoms with van der Waals surface area (Å²) in [6.45, 7) is 5.00. The van der Waals surface area contributed by atoms with E-state index in [1.54, 1.807) is 4.90 Å². The van der Waals surface area contributed by atoms with Gasteiger partial charge in [-0.2, -0.15) is 0 Å². The molecule has 0 aromatic carbocycles. The van der Waals surface area contributed by atoms with Gasteiger partial charge in [-0.05, 0) is 30.6 Å². The molecule has 0 spiro atoms. The minimum absolute atomic E-state index is 0.0267. The molecule has 0 aromatic rings. The number of carbonyl (C=O) groups excluding carboxylic acids is 2. The smallest absolute Gasteiger partial charge is 0.233 e. The van der Waals surface area contributed by atoms with E-state index in [1.807, 2.05) is 0 Å². The summed E-state index contributed by atoms with van der Waals surface area (Å²) >= 11 is 0. The van der Waals surface area contributed by atoms with Crippen molar-refractivity contribution < 1.29 is 9.59 Å². The standard InChI is InChI=1S/C17H25NO2/c1-3-5-6-11(4-2)10-18-16(19)14-12-7-8-13(9-12)15(14)17(18)20/h7-8,11-15H,3-6,9-10H2,1-2H3/t11-,12-,13+,14+,15+/m0/s1. The molecule has 3 aliphatic rings. The molecule has 20 heavy (non-hydrogen) atoms. The molecule has 0 radical (unpaired) electrons. The third kappa shape index (κ3) is 2.02. The van der Waals surface area contributed by atoms with E-state index >= 15 is 0 Å². The summed E-state index contributed by atoms with van der Waals surface area (Å²) in [6.07, 6.45) is 9.89. The van der Waals surface area contributed by atoms with Gasteiger partial charge in [0.25, 0.3) is 0 Å². The monoisotopic (exact) mass is 275 g/mol. The van der Waals surface area contributed by atoms with Crippen LogP contribution in [0.5, 0.6) is 0 Å².